The Morgan fingerprint density at radius 1 is 1.13 bits per heavy atom. The Morgan fingerprint density at radius 2 is 1.90 bits per heavy atom. The molecule has 3 aromatic rings. The highest BCUT2D eigenvalue weighted by molar-refractivity contribution is 7.18. The number of rotatable bonds is 6. The molecule has 5 nitrogen and oxygen atoms in total. The number of piperidine rings is 1. The van der Waals surface area contributed by atoms with Crippen LogP contribution >= 0.6 is 11.3 Å². The zero-order valence-corrected chi connectivity index (χ0v) is 17.5. The van der Waals surface area contributed by atoms with Crippen molar-refractivity contribution < 1.29 is 17.6 Å². The van der Waals surface area contributed by atoms with Crippen LogP contribution in [-0.4, -0.2) is 53.3 Å². The third-order valence-corrected chi connectivity index (χ3v) is 6.54. The minimum absolute atomic E-state index is 0.130. The van der Waals surface area contributed by atoms with Crippen molar-refractivity contribution in [1.82, 2.24) is 14.9 Å². The highest BCUT2D eigenvalue weighted by atomic mass is 32.1. The summed E-state index contributed by atoms with van der Waals surface area (Å²) < 4.78 is 51.7. The lowest BCUT2D eigenvalue weighted by atomic mass is 9.96. The number of hydrogen-bond acceptors (Lipinski definition) is 6. The van der Waals surface area contributed by atoms with E-state index in [4.69, 9.17) is 5.73 Å². The van der Waals surface area contributed by atoms with Gasteiger partial charge in [0.05, 0.1) is 10.8 Å². The molecule has 0 bridgehead atoms. The van der Waals surface area contributed by atoms with Gasteiger partial charge in [0, 0.05) is 43.0 Å². The molecule has 1 aliphatic heterocycles. The van der Waals surface area contributed by atoms with Gasteiger partial charge in [-0.05, 0) is 42.9 Å². The summed E-state index contributed by atoms with van der Waals surface area (Å²) in [6.07, 6.45) is -0.592. The van der Waals surface area contributed by atoms with Crippen LogP contribution in [-0.2, 0) is 0 Å². The molecule has 2 aromatic heterocycles. The van der Waals surface area contributed by atoms with Gasteiger partial charge in [-0.3, -0.25) is 0 Å². The number of pyridine rings is 1. The van der Waals surface area contributed by atoms with Crippen molar-refractivity contribution >= 4 is 27.2 Å². The second-order valence-electron chi connectivity index (χ2n) is 7.86. The number of aromatic nitrogens is 2. The highest BCUT2D eigenvalue weighted by Crippen LogP contribution is 2.34. The summed E-state index contributed by atoms with van der Waals surface area (Å²) in [5.74, 6) is -1.72. The molecular formula is C21H23F4N5S. The molecule has 10 heteroatoms. The van der Waals surface area contributed by atoms with Crippen molar-refractivity contribution in [3.63, 3.8) is 0 Å². The summed E-state index contributed by atoms with van der Waals surface area (Å²) in [6, 6.07) is 6.91. The molecule has 166 valence electrons. The van der Waals surface area contributed by atoms with Gasteiger partial charge in [0.1, 0.15) is 0 Å². The Balaban J connectivity index is 1.29. The fourth-order valence-electron chi connectivity index (χ4n) is 3.81. The van der Waals surface area contributed by atoms with Gasteiger partial charge < -0.3 is 16.0 Å². The zero-order chi connectivity index (χ0) is 22.0. The Hall–Kier alpha value is -2.30. The van der Waals surface area contributed by atoms with Crippen LogP contribution in [0.1, 0.15) is 12.8 Å². The Labute approximate surface area is 181 Å². The van der Waals surface area contributed by atoms with Gasteiger partial charge in [0.25, 0.3) is 0 Å². The largest absolute Gasteiger partial charge is 0.391 e. The molecule has 0 amide bonds. The molecule has 4 rings (SSSR count). The monoisotopic (exact) mass is 453 g/mol. The predicted molar refractivity (Wildman–Crippen MR) is 114 cm³/mol. The van der Waals surface area contributed by atoms with Gasteiger partial charge in [0.15, 0.2) is 5.13 Å². The molecule has 3 heterocycles. The van der Waals surface area contributed by atoms with E-state index in [1.807, 2.05) is 23.1 Å². The molecule has 0 aliphatic carbocycles. The number of fused-ring (bicyclic) bond motifs is 1. The minimum Gasteiger partial charge on any atom is -0.360 e. The van der Waals surface area contributed by atoms with E-state index in [9.17, 15) is 17.6 Å². The van der Waals surface area contributed by atoms with Crippen molar-refractivity contribution in [2.75, 3.05) is 31.5 Å². The summed E-state index contributed by atoms with van der Waals surface area (Å²) in [5, 5.41) is 5.55. The van der Waals surface area contributed by atoms with Crippen molar-refractivity contribution in [1.29, 1.82) is 0 Å². The number of thiazole rings is 1. The third-order valence-electron chi connectivity index (χ3n) is 5.54. The number of benzene rings is 1. The van der Waals surface area contributed by atoms with Crippen LogP contribution in [0.25, 0.3) is 21.2 Å². The molecule has 1 aliphatic rings. The number of nitrogens with one attached hydrogen (secondary N) is 1. The molecule has 1 atom stereocenters. The van der Waals surface area contributed by atoms with Gasteiger partial charge >= 0.3 is 6.18 Å². The first kappa shape index (κ1) is 21.9. The van der Waals surface area contributed by atoms with Crippen LogP contribution < -0.4 is 11.1 Å². The summed E-state index contributed by atoms with van der Waals surface area (Å²) in [5.41, 5.74) is 7.11. The number of alkyl halides is 3. The third kappa shape index (κ3) is 5.50. The van der Waals surface area contributed by atoms with E-state index in [1.54, 1.807) is 6.20 Å². The SMILES string of the molecule is N[C@H](CNc1ncc(-c2ccc3cnc(F)cc3c2)s1)CN1CCC(C(F)(F)F)CC1. The lowest BCUT2D eigenvalue weighted by molar-refractivity contribution is -0.185. The number of anilines is 1. The fraction of sp³-hybridized carbons (Fsp3) is 0.429. The Morgan fingerprint density at radius 3 is 2.65 bits per heavy atom. The zero-order valence-electron chi connectivity index (χ0n) is 16.7. The summed E-state index contributed by atoms with van der Waals surface area (Å²) in [6.45, 7) is 1.84. The summed E-state index contributed by atoms with van der Waals surface area (Å²) in [4.78, 5) is 11.0. The number of nitrogens with two attached hydrogens (primary N) is 1. The molecule has 31 heavy (non-hydrogen) atoms. The molecule has 1 saturated heterocycles. The molecule has 0 saturated carbocycles. The van der Waals surface area contributed by atoms with Crippen LogP contribution in [0.3, 0.4) is 0 Å². The van der Waals surface area contributed by atoms with Gasteiger partial charge in [0.2, 0.25) is 5.95 Å². The van der Waals surface area contributed by atoms with Crippen molar-refractivity contribution in [2.45, 2.75) is 25.1 Å². The van der Waals surface area contributed by atoms with Crippen molar-refractivity contribution in [2.24, 2.45) is 11.7 Å². The average Bonchev–Trinajstić information content (AvgIpc) is 3.20. The second-order valence-corrected chi connectivity index (χ2v) is 8.89. The number of hydrogen-bond donors (Lipinski definition) is 2. The van der Waals surface area contributed by atoms with Crippen LogP contribution in [0.2, 0.25) is 0 Å². The molecule has 1 fully saturated rings. The number of likely N-dealkylation sites (tertiary alicyclic amines) is 1. The fourth-order valence-corrected chi connectivity index (χ4v) is 4.63. The van der Waals surface area contributed by atoms with E-state index in [0.29, 0.717) is 31.3 Å². The maximum absolute atomic E-state index is 13.4. The molecule has 1 aromatic carbocycles. The van der Waals surface area contributed by atoms with Gasteiger partial charge in [-0.25, -0.2) is 9.97 Å². The van der Waals surface area contributed by atoms with E-state index in [-0.39, 0.29) is 18.9 Å². The maximum atomic E-state index is 13.4. The van der Waals surface area contributed by atoms with Crippen LogP contribution in [0.5, 0.6) is 0 Å². The quantitative estimate of drug-likeness (QED) is 0.425. The first-order valence-corrected chi connectivity index (χ1v) is 10.9. The van der Waals surface area contributed by atoms with Crippen LogP contribution in [0.4, 0.5) is 22.7 Å². The smallest absolute Gasteiger partial charge is 0.360 e. The summed E-state index contributed by atoms with van der Waals surface area (Å²) >= 11 is 1.46. The lowest BCUT2D eigenvalue weighted by Crippen LogP contribution is -2.46. The minimum atomic E-state index is -4.10. The van der Waals surface area contributed by atoms with E-state index in [2.05, 4.69) is 15.3 Å². The van der Waals surface area contributed by atoms with Gasteiger partial charge in [-0.1, -0.05) is 23.5 Å². The summed E-state index contributed by atoms with van der Waals surface area (Å²) in [7, 11) is 0. The van der Waals surface area contributed by atoms with Crippen LogP contribution in [0.15, 0.2) is 36.7 Å². The molecule has 0 unspecified atom stereocenters. The average molecular weight is 454 g/mol. The molecule has 0 spiro atoms. The molecule has 0 radical (unpaired) electrons. The van der Waals surface area contributed by atoms with E-state index >= 15 is 0 Å². The number of halogens is 4. The van der Waals surface area contributed by atoms with Crippen molar-refractivity contribution in [3.05, 3.63) is 42.6 Å². The normalized spacial score (nSPS) is 17.2. The topological polar surface area (TPSA) is 67.1 Å². The number of nitrogens with zero attached hydrogens (tertiary/aromatic N) is 3. The van der Waals surface area contributed by atoms with E-state index in [0.717, 1.165) is 21.2 Å². The second kappa shape index (κ2) is 9.05. The first-order chi connectivity index (χ1) is 14.8. The van der Waals surface area contributed by atoms with Gasteiger partial charge in [-0.2, -0.15) is 17.6 Å². The first-order valence-electron chi connectivity index (χ1n) is 10.1. The molecular weight excluding hydrogens is 430 g/mol. The standard InChI is InChI=1S/C21H23F4N5S/c22-19-8-15-7-13(1-2-14(15)9-27-19)18-11-29-20(31-18)28-10-17(26)12-30-5-3-16(4-6-30)21(23,24)25/h1-2,7-9,11,16-17H,3-6,10,12,26H2,(H,28,29)/t17-/m1/s1. The lowest BCUT2D eigenvalue weighted by Gasteiger charge is -2.34. The van der Waals surface area contributed by atoms with E-state index < -0.39 is 18.0 Å². The highest BCUT2D eigenvalue weighted by Gasteiger charge is 2.41. The van der Waals surface area contributed by atoms with Crippen molar-refractivity contribution in [3.8, 4) is 10.4 Å². The maximum Gasteiger partial charge on any atom is 0.391 e. The Bertz CT molecular complexity index is 1030. The van der Waals surface area contributed by atoms with E-state index in [1.165, 1.54) is 23.6 Å². The Kier molecular flexibility index (Phi) is 6.40. The van der Waals surface area contributed by atoms with Crippen LogP contribution in [0, 0.1) is 11.9 Å². The predicted octanol–water partition coefficient (Wildman–Crippen LogP) is 4.51. The van der Waals surface area contributed by atoms with Gasteiger partial charge in [-0.15, -0.1) is 0 Å². The molecule has 3 N–H and O–H groups in total.